The fraction of sp³-hybridized carbons (Fsp3) is 0.533. The molecule has 1 saturated heterocycles. The van der Waals surface area contributed by atoms with Crippen LogP contribution in [0.4, 0.5) is 5.69 Å². The van der Waals surface area contributed by atoms with Crippen molar-refractivity contribution < 1.29 is 0 Å². The standard InChI is InChI=1S/C15H21N3/c1-11-8-14(7-6-13(11)9-16)18-12(2)4-3-5-15(18)10-17/h6-8,12,15H,3-5,10,17H2,1-2H3. The minimum atomic E-state index is 0.432. The highest BCUT2D eigenvalue weighted by Crippen LogP contribution is 2.30. The highest BCUT2D eigenvalue weighted by molar-refractivity contribution is 5.55. The first-order valence-electron chi connectivity index (χ1n) is 6.66. The number of nitriles is 1. The Morgan fingerprint density at radius 2 is 2.22 bits per heavy atom. The topological polar surface area (TPSA) is 53.0 Å². The molecule has 2 N–H and O–H groups in total. The number of nitrogens with zero attached hydrogens (tertiary/aromatic N) is 2. The molecule has 0 amide bonds. The average molecular weight is 243 g/mol. The molecule has 0 saturated carbocycles. The third kappa shape index (κ3) is 2.34. The third-order valence-electron chi connectivity index (χ3n) is 3.93. The molecule has 1 fully saturated rings. The molecule has 0 aliphatic carbocycles. The first-order chi connectivity index (χ1) is 8.67. The number of aryl methyl sites for hydroxylation is 1. The van der Waals surface area contributed by atoms with Gasteiger partial charge in [-0.2, -0.15) is 5.26 Å². The van der Waals surface area contributed by atoms with Crippen LogP contribution in [-0.4, -0.2) is 18.6 Å². The lowest BCUT2D eigenvalue weighted by atomic mass is 9.95. The molecule has 1 aliphatic heterocycles. The fourth-order valence-electron chi connectivity index (χ4n) is 2.92. The maximum atomic E-state index is 8.99. The van der Waals surface area contributed by atoms with Crippen molar-refractivity contribution in [3.8, 4) is 6.07 Å². The second kappa shape index (κ2) is 5.41. The van der Waals surface area contributed by atoms with Gasteiger partial charge >= 0.3 is 0 Å². The SMILES string of the molecule is Cc1cc(N2C(C)CCCC2CN)ccc1C#N. The number of hydrogen-bond donors (Lipinski definition) is 1. The summed E-state index contributed by atoms with van der Waals surface area (Å²) in [6.07, 6.45) is 3.64. The lowest BCUT2D eigenvalue weighted by molar-refractivity contribution is 0.401. The smallest absolute Gasteiger partial charge is 0.0994 e. The Labute approximate surface area is 109 Å². The van der Waals surface area contributed by atoms with Gasteiger partial charge in [-0.05, 0) is 56.9 Å². The van der Waals surface area contributed by atoms with Crippen LogP contribution in [-0.2, 0) is 0 Å². The minimum absolute atomic E-state index is 0.432. The van der Waals surface area contributed by atoms with E-state index in [1.54, 1.807) is 0 Å². The quantitative estimate of drug-likeness (QED) is 0.868. The molecule has 0 radical (unpaired) electrons. The maximum absolute atomic E-state index is 8.99. The Kier molecular flexibility index (Phi) is 3.88. The van der Waals surface area contributed by atoms with Crippen molar-refractivity contribution in [3.63, 3.8) is 0 Å². The molecule has 2 rings (SSSR count). The molecule has 96 valence electrons. The highest BCUT2D eigenvalue weighted by atomic mass is 15.2. The fourth-order valence-corrected chi connectivity index (χ4v) is 2.92. The van der Waals surface area contributed by atoms with Crippen molar-refractivity contribution in [1.82, 2.24) is 0 Å². The summed E-state index contributed by atoms with van der Waals surface area (Å²) in [4.78, 5) is 2.43. The van der Waals surface area contributed by atoms with Crippen LogP contribution in [0.15, 0.2) is 18.2 Å². The van der Waals surface area contributed by atoms with Crippen molar-refractivity contribution in [2.24, 2.45) is 5.73 Å². The van der Waals surface area contributed by atoms with Gasteiger partial charge in [-0.3, -0.25) is 0 Å². The molecule has 1 aromatic rings. The van der Waals surface area contributed by atoms with E-state index in [9.17, 15) is 0 Å². The van der Waals surface area contributed by atoms with Crippen LogP contribution < -0.4 is 10.6 Å². The summed E-state index contributed by atoms with van der Waals surface area (Å²) in [5.41, 5.74) is 8.90. The van der Waals surface area contributed by atoms with Crippen LogP contribution in [0.5, 0.6) is 0 Å². The van der Waals surface area contributed by atoms with Gasteiger partial charge in [-0.15, -0.1) is 0 Å². The summed E-state index contributed by atoms with van der Waals surface area (Å²) >= 11 is 0. The van der Waals surface area contributed by atoms with Gasteiger partial charge in [0.05, 0.1) is 11.6 Å². The average Bonchev–Trinajstić information content (AvgIpc) is 2.38. The zero-order chi connectivity index (χ0) is 13.1. The summed E-state index contributed by atoms with van der Waals surface area (Å²) in [5.74, 6) is 0. The summed E-state index contributed by atoms with van der Waals surface area (Å²) in [6, 6.07) is 9.26. The van der Waals surface area contributed by atoms with Crippen LogP contribution in [0.2, 0.25) is 0 Å². The van der Waals surface area contributed by atoms with Gasteiger partial charge in [0.15, 0.2) is 0 Å². The summed E-state index contributed by atoms with van der Waals surface area (Å²) in [5, 5.41) is 8.99. The highest BCUT2D eigenvalue weighted by Gasteiger charge is 2.27. The van der Waals surface area contributed by atoms with E-state index in [1.165, 1.54) is 24.9 Å². The molecule has 1 aliphatic rings. The number of benzene rings is 1. The zero-order valence-corrected chi connectivity index (χ0v) is 11.2. The first-order valence-corrected chi connectivity index (χ1v) is 6.66. The first kappa shape index (κ1) is 12.9. The van der Waals surface area contributed by atoms with E-state index >= 15 is 0 Å². The van der Waals surface area contributed by atoms with Gasteiger partial charge in [0.2, 0.25) is 0 Å². The third-order valence-corrected chi connectivity index (χ3v) is 3.93. The van der Waals surface area contributed by atoms with Crippen LogP contribution in [0, 0.1) is 18.3 Å². The molecule has 1 heterocycles. The van der Waals surface area contributed by atoms with Gasteiger partial charge in [0, 0.05) is 24.3 Å². The lowest BCUT2D eigenvalue weighted by Crippen LogP contribution is -2.49. The predicted octanol–water partition coefficient (Wildman–Crippen LogP) is 2.57. The number of piperidine rings is 1. The minimum Gasteiger partial charge on any atom is -0.365 e. The van der Waals surface area contributed by atoms with E-state index in [0.29, 0.717) is 18.6 Å². The molecule has 2 atom stereocenters. The van der Waals surface area contributed by atoms with Crippen molar-refractivity contribution in [3.05, 3.63) is 29.3 Å². The lowest BCUT2D eigenvalue weighted by Gasteiger charge is -2.42. The summed E-state index contributed by atoms with van der Waals surface area (Å²) in [7, 11) is 0. The summed E-state index contributed by atoms with van der Waals surface area (Å²) < 4.78 is 0. The largest absolute Gasteiger partial charge is 0.365 e. The van der Waals surface area contributed by atoms with Crippen molar-refractivity contribution in [2.45, 2.75) is 45.2 Å². The molecule has 0 bridgehead atoms. The monoisotopic (exact) mass is 243 g/mol. The van der Waals surface area contributed by atoms with Gasteiger partial charge < -0.3 is 10.6 Å². The van der Waals surface area contributed by atoms with E-state index in [1.807, 2.05) is 13.0 Å². The number of nitrogens with two attached hydrogens (primary N) is 1. The second-order valence-electron chi connectivity index (χ2n) is 5.19. The van der Waals surface area contributed by atoms with Crippen LogP contribution >= 0.6 is 0 Å². The Morgan fingerprint density at radius 1 is 1.44 bits per heavy atom. The number of hydrogen-bond acceptors (Lipinski definition) is 3. The molecular weight excluding hydrogens is 222 g/mol. The molecule has 3 nitrogen and oxygen atoms in total. The van der Waals surface area contributed by atoms with Crippen molar-refractivity contribution in [2.75, 3.05) is 11.4 Å². The normalized spacial score (nSPS) is 23.8. The van der Waals surface area contributed by atoms with Crippen LogP contribution in [0.25, 0.3) is 0 Å². The Balaban J connectivity index is 2.33. The summed E-state index contributed by atoms with van der Waals surface area (Å²) in [6.45, 7) is 4.95. The molecule has 2 unspecified atom stereocenters. The van der Waals surface area contributed by atoms with Crippen molar-refractivity contribution >= 4 is 5.69 Å². The van der Waals surface area contributed by atoms with E-state index in [0.717, 1.165) is 11.1 Å². The van der Waals surface area contributed by atoms with E-state index in [4.69, 9.17) is 11.0 Å². The van der Waals surface area contributed by atoms with Crippen molar-refractivity contribution in [1.29, 1.82) is 5.26 Å². The van der Waals surface area contributed by atoms with E-state index in [-0.39, 0.29) is 0 Å². The van der Waals surface area contributed by atoms with E-state index < -0.39 is 0 Å². The molecular formula is C15H21N3. The Hall–Kier alpha value is -1.53. The Morgan fingerprint density at radius 3 is 2.83 bits per heavy atom. The molecule has 18 heavy (non-hydrogen) atoms. The van der Waals surface area contributed by atoms with Gasteiger partial charge in [-0.25, -0.2) is 0 Å². The van der Waals surface area contributed by atoms with E-state index in [2.05, 4.69) is 30.0 Å². The zero-order valence-electron chi connectivity index (χ0n) is 11.2. The number of rotatable bonds is 2. The molecule has 0 spiro atoms. The van der Waals surface area contributed by atoms with Crippen LogP contribution in [0.3, 0.4) is 0 Å². The second-order valence-corrected chi connectivity index (χ2v) is 5.19. The predicted molar refractivity (Wildman–Crippen MR) is 74.5 cm³/mol. The number of anilines is 1. The van der Waals surface area contributed by atoms with Gasteiger partial charge in [0.1, 0.15) is 0 Å². The van der Waals surface area contributed by atoms with Gasteiger partial charge in [-0.1, -0.05) is 0 Å². The van der Waals surface area contributed by atoms with Gasteiger partial charge in [0.25, 0.3) is 0 Å². The maximum Gasteiger partial charge on any atom is 0.0994 e. The molecule has 3 heteroatoms. The molecule has 1 aromatic carbocycles. The Bertz CT molecular complexity index is 461. The van der Waals surface area contributed by atoms with Crippen LogP contribution in [0.1, 0.15) is 37.3 Å². The molecule has 0 aromatic heterocycles.